The number of hydrogen-bond acceptors (Lipinski definition) is 6. The number of aromatic nitrogens is 1. The van der Waals surface area contributed by atoms with Gasteiger partial charge in [-0.05, 0) is 56.2 Å². The Morgan fingerprint density at radius 1 is 1.11 bits per heavy atom. The van der Waals surface area contributed by atoms with Crippen LogP contribution in [0.15, 0.2) is 48.5 Å². The molecule has 0 aliphatic rings. The summed E-state index contributed by atoms with van der Waals surface area (Å²) in [5.41, 5.74) is 1.48. The molecular formula is C21H21NO4S. The van der Waals surface area contributed by atoms with Crippen molar-refractivity contribution in [2.75, 3.05) is 7.11 Å². The number of para-hydroxylation sites is 1. The topological polar surface area (TPSA) is 65.5 Å². The summed E-state index contributed by atoms with van der Waals surface area (Å²) in [6.45, 7) is 1.60. The second kappa shape index (κ2) is 8.77. The minimum absolute atomic E-state index is 0.225. The lowest BCUT2D eigenvalue weighted by Gasteiger charge is -2.12. The number of fused-ring (bicyclic) bond motifs is 1. The highest BCUT2D eigenvalue weighted by molar-refractivity contribution is 7.18. The highest BCUT2D eigenvalue weighted by atomic mass is 32.1. The first kappa shape index (κ1) is 19.0. The molecule has 3 rings (SSSR count). The lowest BCUT2D eigenvalue weighted by Crippen LogP contribution is -2.24. The lowest BCUT2D eigenvalue weighted by atomic mass is 10.1. The van der Waals surface area contributed by atoms with Crippen LogP contribution in [0.25, 0.3) is 10.2 Å². The Balaban J connectivity index is 1.47. The van der Waals surface area contributed by atoms with Gasteiger partial charge in [0.25, 0.3) is 0 Å². The van der Waals surface area contributed by atoms with Crippen LogP contribution in [0.1, 0.15) is 35.1 Å². The Morgan fingerprint density at radius 3 is 2.56 bits per heavy atom. The number of ketones is 1. The van der Waals surface area contributed by atoms with Gasteiger partial charge in [0.1, 0.15) is 5.75 Å². The van der Waals surface area contributed by atoms with Crippen molar-refractivity contribution in [3.8, 4) is 5.75 Å². The van der Waals surface area contributed by atoms with Crippen molar-refractivity contribution in [2.45, 2.75) is 32.3 Å². The van der Waals surface area contributed by atoms with Crippen LogP contribution in [-0.4, -0.2) is 30.0 Å². The predicted octanol–water partition coefficient (Wildman–Crippen LogP) is 4.44. The maximum Gasteiger partial charge on any atom is 0.306 e. The van der Waals surface area contributed by atoms with E-state index >= 15 is 0 Å². The van der Waals surface area contributed by atoms with Gasteiger partial charge in [-0.3, -0.25) is 9.59 Å². The fourth-order valence-electron chi connectivity index (χ4n) is 2.71. The van der Waals surface area contributed by atoms with E-state index in [-0.39, 0.29) is 18.2 Å². The Kier molecular flexibility index (Phi) is 6.19. The summed E-state index contributed by atoms with van der Waals surface area (Å²) >= 11 is 1.64. The summed E-state index contributed by atoms with van der Waals surface area (Å²) < 4.78 is 11.5. The summed E-state index contributed by atoms with van der Waals surface area (Å²) in [6, 6.07) is 14.7. The fraction of sp³-hybridized carbons (Fsp3) is 0.286. The number of Topliss-reactive ketones (excluding diaryl/α,β-unsaturated/α-hetero) is 1. The Morgan fingerprint density at radius 2 is 1.85 bits per heavy atom. The van der Waals surface area contributed by atoms with E-state index in [1.165, 1.54) is 0 Å². The van der Waals surface area contributed by atoms with Gasteiger partial charge in [0.2, 0.25) is 5.78 Å². The number of ether oxygens (including phenoxy) is 2. The molecule has 0 saturated heterocycles. The summed E-state index contributed by atoms with van der Waals surface area (Å²) in [5.74, 6) is 0.0775. The number of aryl methyl sites for hydroxylation is 1. The van der Waals surface area contributed by atoms with Crippen molar-refractivity contribution in [3.05, 3.63) is 59.1 Å². The monoisotopic (exact) mass is 383 g/mol. The molecule has 3 aromatic rings. The van der Waals surface area contributed by atoms with Crippen LogP contribution in [0.4, 0.5) is 0 Å². The minimum atomic E-state index is -0.812. The fourth-order valence-corrected chi connectivity index (χ4v) is 3.72. The number of methoxy groups -OCH3 is 1. The van der Waals surface area contributed by atoms with Crippen molar-refractivity contribution >= 4 is 33.3 Å². The van der Waals surface area contributed by atoms with E-state index in [1.807, 2.05) is 24.3 Å². The van der Waals surface area contributed by atoms with Gasteiger partial charge >= 0.3 is 5.97 Å². The number of esters is 1. The molecule has 0 radical (unpaired) electrons. The van der Waals surface area contributed by atoms with Gasteiger partial charge in [0, 0.05) is 12.0 Å². The van der Waals surface area contributed by atoms with Crippen LogP contribution in [0.2, 0.25) is 0 Å². The van der Waals surface area contributed by atoms with Crippen molar-refractivity contribution in [1.82, 2.24) is 4.98 Å². The van der Waals surface area contributed by atoms with E-state index in [0.29, 0.717) is 17.7 Å². The number of carbonyl (C=O) groups excluding carboxylic acids is 2. The van der Waals surface area contributed by atoms with Crippen LogP contribution in [0, 0.1) is 0 Å². The zero-order valence-corrected chi connectivity index (χ0v) is 16.1. The van der Waals surface area contributed by atoms with E-state index in [4.69, 9.17) is 9.47 Å². The molecule has 5 nitrogen and oxygen atoms in total. The van der Waals surface area contributed by atoms with Crippen LogP contribution >= 0.6 is 11.3 Å². The molecule has 0 aliphatic heterocycles. The van der Waals surface area contributed by atoms with E-state index < -0.39 is 6.10 Å². The normalized spacial score (nSPS) is 11.9. The molecule has 1 heterocycles. The smallest absolute Gasteiger partial charge is 0.306 e. The van der Waals surface area contributed by atoms with Crippen molar-refractivity contribution in [1.29, 1.82) is 0 Å². The molecular weight excluding hydrogens is 362 g/mol. The molecule has 0 amide bonds. The molecule has 27 heavy (non-hydrogen) atoms. The first-order valence-corrected chi connectivity index (χ1v) is 9.60. The predicted molar refractivity (Wildman–Crippen MR) is 105 cm³/mol. The van der Waals surface area contributed by atoms with Crippen molar-refractivity contribution < 1.29 is 19.1 Å². The number of rotatable bonds is 8. The van der Waals surface area contributed by atoms with Gasteiger partial charge in [-0.1, -0.05) is 12.1 Å². The first-order valence-electron chi connectivity index (χ1n) is 8.79. The zero-order valence-electron chi connectivity index (χ0n) is 15.3. The quantitative estimate of drug-likeness (QED) is 0.425. The number of benzene rings is 2. The molecule has 0 fully saturated rings. The maximum absolute atomic E-state index is 12.3. The standard InChI is InChI=1S/C21H21NO4S/c1-14(21(24)15-10-12-16(25-2)13-11-15)26-20(23)9-5-8-19-22-17-6-3-4-7-18(17)27-19/h3-4,6-7,10-14H,5,8-9H2,1-2H3/t14-/m1/s1. The van der Waals surface area contributed by atoms with Crippen LogP contribution < -0.4 is 4.74 Å². The molecule has 1 aromatic heterocycles. The minimum Gasteiger partial charge on any atom is -0.497 e. The van der Waals surface area contributed by atoms with Gasteiger partial charge in [-0.25, -0.2) is 4.98 Å². The number of nitrogens with zero attached hydrogens (tertiary/aromatic N) is 1. The lowest BCUT2D eigenvalue weighted by molar-refractivity contribution is -0.146. The second-order valence-electron chi connectivity index (χ2n) is 6.15. The molecule has 6 heteroatoms. The third-order valence-electron chi connectivity index (χ3n) is 4.16. The maximum atomic E-state index is 12.3. The SMILES string of the molecule is COc1ccc(C(=O)[C@@H](C)OC(=O)CCCc2nc3ccccc3s2)cc1. The van der Waals surface area contributed by atoms with Crippen molar-refractivity contribution in [2.24, 2.45) is 0 Å². The molecule has 0 aliphatic carbocycles. The second-order valence-corrected chi connectivity index (χ2v) is 7.27. The average molecular weight is 383 g/mol. The van der Waals surface area contributed by atoms with E-state index in [2.05, 4.69) is 4.98 Å². The highest BCUT2D eigenvalue weighted by Crippen LogP contribution is 2.23. The van der Waals surface area contributed by atoms with Crippen LogP contribution in [-0.2, 0) is 16.0 Å². The largest absolute Gasteiger partial charge is 0.497 e. The van der Waals surface area contributed by atoms with Crippen LogP contribution in [0.3, 0.4) is 0 Å². The van der Waals surface area contributed by atoms with Crippen molar-refractivity contribution in [3.63, 3.8) is 0 Å². The highest BCUT2D eigenvalue weighted by Gasteiger charge is 2.19. The van der Waals surface area contributed by atoms with E-state index in [9.17, 15) is 9.59 Å². The summed E-state index contributed by atoms with van der Waals surface area (Å²) in [7, 11) is 1.57. The molecule has 2 aromatic carbocycles. The van der Waals surface area contributed by atoms with E-state index in [0.717, 1.165) is 21.6 Å². The van der Waals surface area contributed by atoms with Gasteiger partial charge in [0.15, 0.2) is 6.10 Å². The molecule has 1 atom stereocenters. The van der Waals surface area contributed by atoms with Gasteiger partial charge in [0.05, 0.1) is 22.3 Å². The van der Waals surface area contributed by atoms with Gasteiger partial charge < -0.3 is 9.47 Å². The number of hydrogen-bond donors (Lipinski definition) is 0. The molecule has 0 bridgehead atoms. The zero-order chi connectivity index (χ0) is 19.2. The summed E-state index contributed by atoms with van der Waals surface area (Å²) in [5, 5.41) is 1.01. The Bertz CT molecular complexity index is 900. The Hall–Kier alpha value is -2.73. The molecule has 140 valence electrons. The third kappa shape index (κ3) is 4.92. The molecule has 0 N–H and O–H groups in total. The molecule has 0 unspecified atom stereocenters. The summed E-state index contributed by atoms with van der Waals surface area (Å²) in [4.78, 5) is 28.9. The first-order chi connectivity index (χ1) is 13.1. The van der Waals surface area contributed by atoms with Gasteiger partial charge in [-0.15, -0.1) is 11.3 Å². The molecule has 0 saturated carbocycles. The number of carbonyl (C=O) groups is 2. The van der Waals surface area contributed by atoms with E-state index in [1.54, 1.807) is 49.6 Å². The number of thiazole rings is 1. The van der Waals surface area contributed by atoms with Gasteiger partial charge in [-0.2, -0.15) is 0 Å². The Labute approximate surface area is 161 Å². The average Bonchev–Trinajstić information content (AvgIpc) is 3.10. The summed E-state index contributed by atoms with van der Waals surface area (Å²) in [6.07, 6.45) is 0.807. The van der Waals surface area contributed by atoms with Crippen LogP contribution in [0.5, 0.6) is 5.75 Å². The third-order valence-corrected chi connectivity index (χ3v) is 5.26. The molecule has 0 spiro atoms.